The third-order valence-corrected chi connectivity index (χ3v) is 3.09. The molecule has 1 saturated heterocycles. The molecule has 0 bridgehead atoms. The molecule has 0 saturated carbocycles. The lowest BCUT2D eigenvalue weighted by Crippen LogP contribution is -2.28. The van der Waals surface area contributed by atoms with Crippen molar-refractivity contribution in [1.29, 1.82) is 0 Å². The van der Waals surface area contributed by atoms with Crippen molar-refractivity contribution < 1.29 is 9.53 Å². The molecule has 1 heterocycles. The Morgan fingerprint density at radius 1 is 1.25 bits per heavy atom. The Balaban J connectivity index is 2.52. The number of hydrogen-bond donors (Lipinski definition) is 1. The molecule has 1 aromatic rings. The topological polar surface area (TPSA) is 38.3 Å². The smallest absolute Gasteiger partial charge is 0.408 e. The fraction of sp³-hybridized carbons (Fsp3) is 0.462. The van der Waals surface area contributed by atoms with E-state index < -0.39 is 5.60 Å². The van der Waals surface area contributed by atoms with Gasteiger partial charge in [-0.25, -0.2) is 4.79 Å². The number of ether oxygens (including phenoxy) is 1. The third kappa shape index (κ3) is 1.66. The van der Waals surface area contributed by atoms with Crippen LogP contribution in [0.3, 0.4) is 0 Å². The Kier molecular flexibility index (Phi) is 2.41. The molecule has 1 amide bonds. The van der Waals surface area contributed by atoms with Crippen LogP contribution in [0.2, 0.25) is 0 Å². The Bertz CT molecular complexity index is 430. The van der Waals surface area contributed by atoms with Crippen LogP contribution in [0.5, 0.6) is 0 Å². The van der Waals surface area contributed by atoms with Crippen molar-refractivity contribution in [3.05, 3.63) is 34.4 Å². The highest BCUT2D eigenvalue weighted by Crippen LogP contribution is 2.33. The molecule has 0 aromatic heterocycles. The molecule has 16 heavy (non-hydrogen) atoms. The number of rotatable bonds is 1. The lowest BCUT2D eigenvalue weighted by atomic mass is 9.87. The van der Waals surface area contributed by atoms with Gasteiger partial charge in [0, 0.05) is 5.56 Å². The highest BCUT2D eigenvalue weighted by atomic mass is 16.6. The van der Waals surface area contributed by atoms with E-state index in [9.17, 15) is 4.79 Å². The number of alkyl carbamates (subject to hydrolysis) is 1. The van der Waals surface area contributed by atoms with Crippen molar-refractivity contribution in [2.75, 3.05) is 6.54 Å². The first-order valence-corrected chi connectivity index (χ1v) is 5.47. The molecule has 2 rings (SSSR count). The van der Waals surface area contributed by atoms with Crippen molar-refractivity contribution in [3.8, 4) is 0 Å². The maximum Gasteiger partial charge on any atom is 0.408 e. The molecular formula is C13H17NO2. The van der Waals surface area contributed by atoms with Gasteiger partial charge in [-0.2, -0.15) is 0 Å². The van der Waals surface area contributed by atoms with E-state index in [1.165, 1.54) is 16.7 Å². The lowest BCUT2D eigenvalue weighted by Gasteiger charge is -2.26. The summed E-state index contributed by atoms with van der Waals surface area (Å²) in [6, 6.07) is 4.25. The standard InChI is InChI=1S/C13H17NO2/c1-8-5-9(2)11(10(3)6-8)13(4)7-14-12(15)16-13/h5-6H,7H2,1-4H3,(H,14,15). The van der Waals surface area contributed by atoms with Gasteiger partial charge in [0.05, 0.1) is 6.54 Å². The maximum atomic E-state index is 11.2. The summed E-state index contributed by atoms with van der Waals surface area (Å²) in [6.07, 6.45) is -0.332. The van der Waals surface area contributed by atoms with Crippen molar-refractivity contribution in [2.45, 2.75) is 33.3 Å². The Labute approximate surface area is 95.8 Å². The van der Waals surface area contributed by atoms with Crippen LogP contribution in [0.25, 0.3) is 0 Å². The van der Waals surface area contributed by atoms with Gasteiger partial charge in [-0.1, -0.05) is 17.7 Å². The molecule has 1 aliphatic rings. The summed E-state index contributed by atoms with van der Waals surface area (Å²) in [6.45, 7) is 8.69. The summed E-state index contributed by atoms with van der Waals surface area (Å²) >= 11 is 0. The third-order valence-electron chi connectivity index (χ3n) is 3.09. The fourth-order valence-corrected chi connectivity index (χ4v) is 2.67. The summed E-state index contributed by atoms with van der Waals surface area (Å²) in [5.74, 6) is 0. The van der Waals surface area contributed by atoms with E-state index in [0.29, 0.717) is 6.54 Å². The van der Waals surface area contributed by atoms with Crippen LogP contribution in [0.15, 0.2) is 12.1 Å². The second kappa shape index (κ2) is 3.51. The highest BCUT2D eigenvalue weighted by Gasteiger charge is 2.39. The van der Waals surface area contributed by atoms with Gasteiger partial charge in [0.15, 0.2) is 5.60 Å². The molecule has 1 atom stereocenters. The van der Waals surface area contributed by atoms with Gasteiger partial charge in [0.1, 0.15) is 0 Å². The minimum atomic E-state index is -0.529. The molecule has 0 aliphatic carbocycles. The lowest BCUT2D eigenvalue weighted by molar-refractivity contribution is 0.0695. The molecule has 0 spiro atoms. The number of aryl methyl sites for hydroxylation is 3. The quantitative estimate of drug-likeness (QED) is 0.788. The molecule has 1 aliphatic heterocycles. The zero-order chi connectivity index (χ0) is 11.9. The van der Waals surface area contributed by atoms with Gasteiger partial charge >= 0.3 is 6.09 Å². The van der Waals surface area contributed by atoms with Crippen LogP contribution in [0, 0.1) is 20.8 Å². The normalized spacial score (nSPS) is 24.1. The molecule has 1 unspecified atom stereocenters. The zero-order valence-corrected chi connectivity index (χ0v) is 10.2. The minimum absolute atomic E-state index is 0.332. The van der Waals surface area contributed by atoms with Gasteiger partial charge in [-0.15, -0.1) is 0 Å². The Morgan fingerprint density at radius 3 is 2.25 bits per heavy atom. The Morgan fingerprint density at radius 2 is 1.81 bits per heavy atom. The molecule has 3 nitrogen and oxygen atoms in total. The number of benzene rings is 1. The van der Waals surface area contributed by atoms with Crippen molar-refractivity contribution in [1.82, 2.24) is 5.32 Å². The van der Waals surface area contributed by atoms with E-state index >= 15 is 0 Å². The van der Waals surface area contributed by atoms with Crippen molar-refractivity contribution in [2.24, 2.45) is 0 Å². The number of carbonyl (C=O) groups excluding carboxylic acids is 1. The monoisotopic (exact) mass is 219 g/mol. The van der Waals surface area contributed by atoms with Gasteiger partial charge in [0.2, 0.25) is 0 Å². The van der Waals surface area contributed by atoms with Crippen molar-refractivity contribution >= 4 is 6.09 Å². The molecule has 1 fully saturated rings. The summed E-state index contributed by atoms with van der Waals surface area (Å²) < 4.78 is 5.39. The van der Waals surface area contributed by atoms with Gasteiger partial charge in [-0.05, 0) is 38.8 Å². The Hall–Kier alpha value is -1.51. The summed E-state index contributed by atoms with van der Waals surface area (Å²) in [4.78, 5) is 11.2. The molecular weight excluding hydrogens is 202 g/mol. The second-order valence-electron chi connectivity index (χ2n) is 4.75. The van der Waals surface area contributed by atoms with E-state index in [1.807, 2.05) is 6.92 Å². The second-order valence-corrected chi connectivity index (χ2v) is 4.75. The van der Waals surface area contributed by atoms with Crippen LogP contribution in [0.1, 0.15) is 29.2 Å². The number of hydrogen-bond acceptors (Lipinski definition) is 2. The largest absolute Gasteiger partial charge is 0.436 e. The van der Waals surface area contributed by atoms with Crippen LogP contribution in [0.4, 0.5) is 4.79 Å². The SMILES string of the molecule is Cc1cc(C)c(C2(C)CNC(=O)O2)c(C)c1. The molecule has 0 radical (unpaired) electrons. The first-order chi connectivity index (χ1) is 7.42. The van der Waals surface area contributed by atoms with E-state index in [0.717, 1.165) is 5.56 Å². The van der Waals surface area contributed by atoms with Crippen LogP contribution in [-0.4, -0.2) is 12.6 Å². The predicted octanol–water partition coefficient (Wildman–Crippen LogP) is 2.57. The number of nitrogens with one attached hydrogen (secondary N) is 1. The van der Waals surface area contributed by atoms with Crippen molar-refractivity contribution in [3.63, 3.8) is 0 Å². The maximum absolute atomic E-state index is 11.2. The molecule has 1 aromatic carbocycles. The first-order valence-electron chi connectivity index (χ1n) is 5.47. The van der Waals surface area contributed by atoms with E-state index in [1.54, 1.807) is 0 Å². The highest BCUT2D eigenvalue weighted by molar-refractivity contribution is 5.71. The average molecular weight is 219 g/mol. The number of cyclic esters (lactones) is 1. The van der Waals surface area contributed by atoms with Gasteiger partial charge < -0.3 is 10.1 Å². The van der Waals surface area contributed by atoms with Crippen LogP contribution >= 0.6 is 0 Å². The molecule has 86 valence electrons. The average Bonchev–Trinajstić information content (AvgIpc) is 2.44. The molecule has 3 heteroatoms. The summed E-state index contributed by atoms with van der Waals surface area (Å²) in [5, 5.41) is 2.72. The van der Waals surface area contributed by atoms with E-state index in [4.69, 9.17) is 4.74 Å². The number of carbonyl (C=O) groups is 1. The summed E-state index contributed by atoms with van der Waals surface area (Å²) in [5.41, 5.74) is 4.18. The summed E-state index contributed by atoms with van der Waals surface area (Å²) in [7, 11) is 0. The zero-order valence-electron chi connectivity index (χ0n) is 10.2. The van der Waals surface area contributed by atoms with Crippen LogP contribution in [-0.2, 0) is 10.3 Å². The van der Waals surface area contributed by atoms with E-state index in [2.05, 4.69) is 38.2 Å². The first kappa shape index (κ1) is 11.0. The van der Waals surface area contributed by atoms with E-state index in [-0.39, 0.29) is 6.09 Å². The van der Waals surface area contributed by atoms with Gasteiger partial charge in [-0.3, -0.25) is 0 Å². The fourth-order valence-electron chi connectivity index (χ4n) is 2.67. The van der Waals surface area contributed by atoms with Crippen LogP contribution < -0.4 is 5.32 Å². The number of amides is 1. The van der Waals surface area contributed by atoms with Gasteiger partial charge in [0.25, 0.3) is 0 Å². The minimum Gasteiger partial charge on any atom is -0.436 e. The predicted molar refractivity (Wildman–Crippen MR) is 62.5 cm³/mol. The molecule has 1 N–H and O–H groups in total.